The number of rotatable bonds is 2. The van der Waals surface area contributed by atoms with Gasteiger partial charge in [-0.15, -0.1) is 6.42 Å². The van der Waals surface area contributed by atoms with Crippen LogP contribution in [0.15, 0.2) is 24.3 Å². The van der Waals surface area contributed by atoms with Crippen molar-refractivity contribution in [1.82, 2.24) is 4.90 Å². The molecule has 2 rings (SSSR count). The van der Waals surface area contributed by atoms with Gasteiger partial charge in [-0.3, -0.25) is 4.79 Å². The van der Waals surface area contributed by atoms with Crippen LogP contribution in [0, 0.1) is 12.3 Å². The standard InChI is InChI=1S/C13H13NO3/c1-3-8-14(2)13(15)12-9-16-10-6-4-5-7-11(10)17-12/h1,4-7,12H,8-9H2,2H3. The number of amides is 1. The fourth-order valence-corrected chi connectivity index (χ4v) is 1.60. The molecule has 4 nitrogen and oxygen atoms in total. The van der Waals surface area contributed by atoms with Crippen LogP contribution in [-0.4, -0.2) is 37.1 Å². The third kappa shape index (κ3) is 2.34. The van der Waals surface area contributed by atoms with Gasteiger partial charge < -0.3 is 14.4 Å². The second kappa shape index (κ2) is 4.79. The van der Waals surface area contributed by atoms with E-state index in [1.807, 2.05) is 12.1 Å². The van der Waals surface area contributed by atoms with Crippen LogP contribution in [0.4, 0.5) is 0 Å². The van der Waals surface area contributed by atoms with Gasteiger partial charge in [0.1, 0.15) is 6.61 Å². The Hall–Kier alpha value is -2.15. The van der Waals surface area contributed by atoms with Crippen LogP contribution < -0.4 is 9.47 Å². The Kier molecular flexibility index (Phi) is 3.20. The van der Waals surface area contributed by atoms with E-state index < -0.39 is 6.10 Å². The Morgan fingerprint density at radius 2 is 2.24 bits per heavy atom. The van der Waals surface area contributed by atoms with Crippen LogP contribution in [0.3, 0.4) is 0 Å². The van der Waals surface area contributed by atoms with Gasteiger partial charge in [0.05, 0.1) is 6.54 Å². The molecule has 0 radical (unpaired) electrons. The van der Waals surface area contributed by atoms with Gasteiger partial charge in [0.25, 0.3) is 5.91 Å². The monoisotopic (exact) mass is 231 g/mol. The van der Waals surface area contributed by atoms with Crippen molar-refractivity contribution in [2.75, 3.05) is 20.2 Å². The third-order valence-corrected chi connectivity index (χ3v) is 2.49. The Morgan fingerprint density at radius 1 is 1.53 bits per heavy atom. The summed E-state index contributed by atoms with van der Waals surface area (Å²) in [6, 6.07) is 7.27. The molecule has 0 saturated heterocycles. The van der Waals surface area contributed by atoms with Gasteiger partial charge in [-0.1, -0.05) is 18.1 Å². The van der Waals surface area contributed by atoms with E-state index in [0.717, 1.165) is 0 Å². The molecule has 0 bridgehead atoms. The van der Waals surface area contributed by atoms with E-state index >= 15 is 0 Å². The maximum Gasteiger partial charge on any atom is 0.267 e. The summed E-state index contributed by atoms with van der Waals surface area (Å²) in [7, 11) is 1.64. The predicted octanol–water partition coefficient (Wildman–Crippen LogP) is 0.918. The van der Waals surface area contributed by atoms with Crippen molar-refractivity contribution in [3.05, 3.63) is 24.3 Å². The maximum atomic E-state index is 11.9. The summed E-state index contributed by atoms with van der Waals surface area (Å²) in [5.41, 5.74) is 0. The summed E-state index contributed by atoms with van der Waals surface area (Å²) in [5, 5.41) is 0. The molecule has 1 unspecified atom stereocenters. The smallest absolute Gasteiger partial charge is 0.267 e. The van der Waals surface area contributed by atoms with Crippen LogP contribution >= 0.6 is 0 Å². The number of nitrogens with zero attached hydrogens (tertiary/aromatic N) is 1. The summed E-state index contributed by atoms with van der Waals surface area (Å²) in [4.78, 5) is 13.4. The van der Waals surface area contributed by atoms with E-state index in [1.165, 1.54) is 4.90 Å². The Bertz CT molecular complexity index is 464. The van der Waals surface area contributed by atoms with Gasteiger partial charge in [-0.2, -0.15) is 0 Å². The average Bonchev–Trinajstić information content (AvgIpc) is 2.37. The van der Waals surface area contributed by atoms with Crippen LogP contribution in [0.5, 0.6) is 11.5 Å². The number of ether oxygens (including phenoxy) is 2. The molecule has 1 aliphatic heterocycles. The van der Waals surface area contributed by atoms with Gasteiger partial charge >= 0.3 is 0 Å². The maximum absolute atomic E-state index is 11.9. The van der Waals surface area contributed by atoms with Crippen molar-refractivity contribution in [1.29, 1.82) is 0 Å². The average molecular weight is 231 g/mol. The molecule has 1 amide bonds. The highest BCUT2D eigenvalue weighted by atomic mass is 16.6. The first-order valence-electron chi connectivity index (χ1n) is 5.29. The van der Waals surface area contributed by atoms with Crippen molar-refractivity contribution in [2.45, 2.75) is 6.10 Å². The van der Waals surface area contributed by atoms with Crippen molar-refractivity contribution < 1.29 is 14.3 Å². The molecular formula is C13H13NO3. The van der Waals surface area contributed by atoms with E-state index in [1.54, 1.807) is 19.2 Å². The SMILES string of the molecule is C#CCN(C)C(=O)C1COc2ccccc2O1. The van der Waals surface area contributed by atoms with Gasteiger partial charge in [-0.05, 0) is 12.1 Å². The normalized spacial score (nSPS) is 17.1. The van der Waals surface area contributed by atoms with Crippen LogP contribution in [0.25, 0.3) is 0 Å². The van der Waals surface area contributed by atoms with Crippen LogP contribution in [0.1, 0.15) is 0 Å². The second-order valence-corrected chi connectivity index (χ2v) is 3.76. The van der Waals surface area contributed by atoms with Gasteiger partial charge in [0, 0.05) is 7.05 Å². The van der Waals surface area contributed by atoms with Gasteiger partial charge in [0.2, 0.25) is 6.10 Å². The van der Waals surface area contributed by atoms with Crippen molar-refractivity contribution >= 4 is 5.91 Å². The highest BCUT2D eigenvalue weighted by molar-refractivity contribution is 5.81. The molecule has 1 aromatic rings. The van der Waals surface area contributed by atoms with Gasteiger partial charge in [0.15, 0.2) is 11.5 Å². The summed E-state index contributed by atoms with van der Waals surface area (Å²) in [5.74, 6) is 3.50. The second-order valence-electron chi connectivity index (χ2n) is 3.76. The Labute approximate surface area is 100 Å². The fraction of sp³-hybridized carbons (Fsp3) is 0.308. The number of hydrogen-bond acceptors (Lipinski definition) is 3. The number of likely N-dealkylation sites (N-methyl/N-ethyl adjacent to an activating group) is 1. The van der Waals surface area contributed by atoms with E-state index in [0.29, 0.717) is 11.5 Å². The number of carbonyl (C=O) groups excluding carboxylic acids is 1. The van der Waals surface area contributed by atoms with Crippen molar-refractivity contribution in [2.24, 2.45) is 0 Å². The predicted molar refractivity (Wildman–Crippen MR) is 62.8 cm³/mol. The molecule has 0 N–H and O–H groups in total. The minimum Gasteiger partial charge on any atom is -0.485 e. The molecule has 1 atom stereocenters. The Morgan fingerprint density at radius 3 is 2.94 bits per heavy atom. The molecule has 88 valence electrons. The summed E-state index contributed by atoms with van der Waals surface area (Å²) >= 11 is 0. The number of fused-ring (bicyclic) bond motifs is 1. The molecule has 0 saturated carbocycles. The first-order chi connectivity index (χ1) is 8.22. The lowest BCUT2D eigenvalue weighted by Gasteiger charge is -2.28. The molecule has 0 aliphatic carbocycles. The number of benzene rings is 1. The van der Waals surface area contributed by atoms with Crippen LogP contribution in [0.2, 0.25) is 0 Å². The van der Waals surface area contributed by atoms with Crippen molar-refractivity contribution in [3.63, 3.8) is 0 Å². The zero-order valence-corrected chi connectivity index (χ0v) is 9.55. The molecule has 17 heavy (non-hydrogen) atoms. The largest absolute Gasteiger partial charge is 0.485 e. The third-order valence-electron chi connectivity index (χ3n) is 2.49. The number of hydrogen-bond donors (Lipinski definition) is 0. The fourth-order valence-electron chi connectivity index (χ4n) is 1.60. The molecule has 1 heterocycles. The number of para-hydroxylation sites is 2. The molecule has 1 aliphatic rings. The van der Waals surface area contributed by atoms with E-state index in [2.05, 4.69) is 5.92 Å². The lowest BCUT2D eigenvalue weighted by Crippen LogP contribution is -2.44. The highest BCUT2D eigenvalue weighted by Crippen LogP contribution is 2.31. The lowest BCUT2D eigenvalue weighted by molar-refractivity contribution is -0.139. The minimum atomic E-state index is -0.622. The van der Waals surface area contributed by atoms with E-state index in [9.17, 15) is 4.79 Å². The number of carbonyl (C=O) groups is 1. The van der Waals surface area contributed by atoms with Gasteiger partial charge in [-0.25, -0.2) is 0 Å². The Balaban J connectivity index is 2.08. The highest BCUT2D eigenvalue weighted by Gasteiger charge is 2.29. The molecule has 0 fully saturated rings. The topological polar surface area (TPSA) is 38.8 Å². The minimum absolute atomic E-state index is 0.169. The van der Waals surface area contributed by atoms with Crippen molar-refractivity contribution in [3.8, 4) is 23.8 Å². The molecular weight excluding hydrogens is 218 g/mol. The molecule has 1 aromatic carbocycles. The molecule has 4 heteroatoms. The van der Waals surface area contributed by atoms with E-state index in [-0.39, 0.29) is 19.1 Å². The van der Waals surface area contributed by atoms with Crippen LogP contribution in [-0.2, 0) is 4.79 Å². The first-order valence-corrected chi connectivity index (χ1v) is 5.29. The summed E-state index contributed by atoms with van der Waals surface area (Å²) in [6.07, 6.45) is 4.54. The quantitative estimate of drug-likeness (QED) is 0.710. The summed E-state index contributed by atoms with van der Waals surface area (Å²) in [6.45, 7) is 0.477. The van der Waals surface area contributed by atoms with E-state index in [4.69, 9.17) is 15.9 Å². The zero-order valence-electron chi connectivity index (χ0n) is 9.55. The molecule has 0 spiro atoms. The first kappa shape index (κ1) is 11.3. The zero-order chi connectivity index (χ0) is 12.3. The number of terminal acetylenes is 1. The summed E-state index contributed by atoms with van der Waals surface area (Å²) < 4.78 is 11.0. The molecule has 0 aromatic heterocycles. The lowest BCUT2D eigenvalue weighted by atomic mass is 10.2.